The lowest BCUT2D eigenvalue weighted by Crippen LogP contribution is -2.38. The van der Waals surface area contributed by atoms with E-state index in [1.165, 1.54) is 29.7 Å². The number of nitrogens with zero attached hydrogens (tertiary/aromatic N) is 1. The van der Waals surface area contributed by atoms with Gasteiger partial charge in [0.05, 0.1) is 6.04 Å². The van der Waals surface area contributed by atoms with Crippen molar-refractivity contribution in [1.82, 2.24) is 14.9 Å². The van der Waals surface area contributed by atoms with Crippen molar-refractivity contribution in [3.63, 3.8) is 0 Å². The van der Waals surface area contributed by atoms with Gasteiger partial charge in [-0.2, -0.15) is 0 Å². The molecule has 0 bridgehead atoms. The highest BCUT2D eigenvalue weighted by Gasteiger charge is 2.27. The molecule has 2 N–H and O–H groups in total. The van der Waals surface area contributed by atoms with Crippen molar-refractivity contribution in [2.24, 2.45) is 5.92 Å². The minimum atomic E-state index is -0.574. The summed E-state index contributed by atoms with van der Waals surface area (Å²) in [6.07, 6.45) is 5.90. The van der Waals surface area contributed by atoms with E-state index in [0.29, 0.717) is 5.92 Å². The van der Waals surface area contributed by atoms with Crippen molar-refractivity contribution in [1.29, 1.82) is 0 Å². The van der Waals surface area contributed by atoms with Crippen LogP contribution in [0.3, 0.4) is 0 Å². The normalized spacial score (nSPS) is 16.0. The number of amides is 1. The molecule has 1 heterocycles. The predicted molar refractivity (Wildman–Crippen MR) is 90.6 cm³/mol. The number of aromatic nitrogens is 2. The molecule has 1 aliphatic rings. The van der Waals surface area contributed by atoms with E-state index >= 15 is 0 Å². The van der Waals surface area contributed by atoms with Crippen molar-refractivity contribution in [3.8, 4) is 0 Å². The molecule has 1 aliphatic carbocycles. The SMILES string of the molecule is O=C(Cn1ccc(=O)[nH]c1=O)N[C@@H](c1ccccc1)C1CCCC1. The number of hydrogen-bond acceptors (Lipinski definition) is 3. The van der Waals surface area contributed by atoms with Crippen molar-refractivity contribution >= 4 is 5.91 Å². The maximum Gasteiger partial charge on any atom is 0.328 e. The minimum absolute atomic E-state index is 0.0420. The van der Waals surface area contributed by atoms with Crippen LogP contribution in [0.15, 0.2) is 52.2 Å². The Labute approximate surface area is 139 Å². The van der Waals surface area contributed by atoms with Gasteiger partial charge in [0.2, 0.25) is 5.91 Å². The standard InChI is InChI=1S/C18H21N3O3/c22-15-10-11-21(18(24)20-15)12-16(23)19-17(14-8-4-5-9-14)13-6-2-1-3-7-13/h1-3,6-7,10-11,14,17H,4-5,8-9,12H2,(H,19,23)(H,20,22,24)/t17-/m0/s1. The van der Waals surface area contributed by atoms with Crippen LogP contribution in [0.2, 0.25) is 0 Å². The second kappa shape index (κ2) is 7.29. The Balaban J connectivity index is 1.75. The average molecular weight is 327 g/mol. The van der Waals surface area contributed by atoms with Gasteiger partial charge in [0, 0.05) is 12.3 Å². The molecule has 6 heteroatoms. The molecule has 1 fully saturated rings. The quantitative estimate of drug-likeness (QED) is 0.874. The van der Waals surface area contributed by atoms with E-state index in [1.807, 2.05) is 30.3 Å². The largest absolute Gasteiger partial charge is 0.347 e. The van der Waals surface area contributed by atoms with Gasteiger partial charge in [-0.3, -0.25) is 19.1 Å². The van der Waals surface area contributed by atoms with Crippen LogP contribution >= 0.6 is 0 Å². The summed E-state index contributed by atoms with van der Waals surface area (Å²) in [5, 5.41) is 3.07. The summed E-state index contributed by atoms with van der Waals surface area (Å²) < 4.78 is 1.20. The highest BCUT2D eigenvalue weighted by molar-refractivity contribution is 5.76. The van der Waals surface area contributed by atoms with E-state index in [0.717, 1.165) is 18.4 Å². The Hall–Kier alpha value is -2.63. The van der Waals surface area contributed by atoms with Crippen LogP contribution in [-0.4, -0.2) is 15.5 Å². The van der Waals surface area contributed by atoms with Gasteiger partial charge in [-0.25, -0.2) is 4.79 Å². The maximum atomic E-state index is 12.4. The third-order valence-corrected chi connectivity index (χ3v) is 4.56. The Morgan fingerprint density at radius 1 is 1.17 bits per heavy atom. The van der Waals surface area contributed by atoms with Crippen LogP contribution in [0.5, 0.6) is 0 Å². The summed E-state index contributed by atoms with van der Waals surface area (Å²) in [5.41, 5.74) is 0.0473. The molecule has 0 spiro atoms. The van der Waals surface area contributed by atoms with Crippen LogP contribution in [0.1, 0.15) is 37.3 Å². The van der Waals surface area contributed by atoms with E-state index in [1.54, 1.807) is 0 Å². The first-order chi connectivity index (χ1) is 11.6. The highest BCUT2D eigenvalue weighted by atomic mass is 16.2. The van der Waals surface area contributed by atoms with E-state index in [2.05, 4.69) is 10.3 Å². The molecule has 1 amide bonds. The lowest BCUT2D eigenvalue weighted by molar-refractivity contribution is -0.122. The molecular formula is C18H21N3O3. The molecule has 24 heavy (non-hydrogen) atoms. The maximum absolute atomic E-state index is 12.4. The molecule has 6 nitrogen and oxygen atoms in total. The van der Waals surface area contributed by atoms with Crippen LogP contribution in [0.25, 0.3) is 0 Å². The highest BCUT2D eigenvalue weighted by Crippen LogP contribution is 2.35. The molecule has 0 radical (unpaired) electrons. The molecule has 0 unspecified atom stereocenters. The second-order valence-corrected chi connectivity index (χ2v) is 6.24. The summed E-state index contributed by atoms with van der Waals surface area (Å²) in [4.78, 5) is 37.4. The van der Waals surface area contributed by atoms with Gasteiger partial charge >= 0.3 is 5.69 Å². The fourth-order valence-corrected chi connectivity index (χ4v) is 3.37. The first-order valence-electron chi connectivity index (χ1n) is 8.27. The van der Waals surface area contributed by atoms with Gasteiger partial charge in [0.1, 0.15) is 6.54 Å². The fourth-order valence-electron chi connectivity index (χ4n) is 3.37. The van der Waals surface area contributed by atoms with Crippen LogP contribution in [0, 0.1) is 5.92 Å². The Kier molecular flexibility index (Phi) is 4.93. The number of hydrogen-bond donors (Lipinski definition) is 2. The monoisotopic (exact) mass is 327 g/mol. The van der Waals surface area contributed by atoms with Gasteiger partial charge in [-0.15, -0.1) is 0 Å². The van der Waals surface area contributed by atoms with Crippen LogP contribution in [0.4, 0.5) is 0 Å². The van der Waals surface area contributed by atoms with Crippen LogP contribution < -0.4 is 16.6 Å². The van der Waals surface area contributed by atoms with E-state index < -0.39 is 11.2 Å². The summed E-state index contributed by atoms with van der Waals surface area (Å²) >= 11 is 0. The summed E-state index contributed by atoms with van der Waals surface area (Å²) in [5.74, 6) is 0.188. The zero-order chi connectivity index (χ0) is 16.9. The number of carbonyl (C=O) groups is 1. The van der Waals surface area contributed by atoms with E-state index in [9.17, 15) is 14.4 Å². The van der Waals surface area contributed by atoms with Gasteiger partial charge in [0.25, 0.3) is 5.56 Å². The lowest BCUT2D eigenvalue weighted by atomic mass is 9.91. The van der Waals surface area contributed by atoms with Gasteiger partial charge < -0.3 is 5.32 Å². The predicted octanol–water partition coefficient (Wildman–Crippen LogP) is 1.58. The molecule has 126 valence electrons. The van der Waals surface area contributed by atoms with Crippen molar-refractivity contribution < 1.29 is 4.79 Å². The molecule has 1 saturated carbocycles. The Morgan fingerprint density at radius 2 is 1.88 bits per heavy atom. The Morgan fingerprint density at radius 3 is 2.54 bits per heavy atom. The topological polar surface area (TPSA) is 84.0 Å². The number of rotatable bonds is 5. The van der Waals surface area contributed by atoms with Gasteiger partial charge in [-0.1, -0.05) is 43.2 Å². The molecule has 2 aromatic rings. The van der Waals surface area contributed by atoms with Gasteiger partial charge in [-0.05, 0) is 24.3 Å². The van der Waals surface area contributed by atoms with Gasteiger partial charge in [0.15, 0.2) is 0 Å². The smallest absolute Gasteiger partial charge is 0.328 e. The van der Waals surface area contributed by atoms with Crippen molar-refractivity contribution in [2.75, 3.05) is 0 Å². The number of carbonyl (C=O) groups excluding carboxylic acids is 1. The molecule has 0 aliphatic heterocycles. The molecule has 0 saturated heterocycles. The number of nitrogens with one attached hydrogen (secondary N) is 2. The van der Waals surface area contributed by atoms with Crippen molar-refractivity contribution in [2.45, 2.75) is 38.3 Å². The third kappa shape index (κ3) is 3.82. The molecule has 3 rings (SSSR count). The first-order valence-corrected chi connectivity index (χ1v) is 8.27. The summed E-state index contributed by atoms with van der Waals surface area (Å²) in [7, 11) is 0. The number of aromatic amines is 1. The molecule has 1 atom stereocenters. The first kappa shape index (κ1) is 16.2. The molecular weight excluding hydrogens is 306 g/mol. The van der Waals surface area contributed by atoms with Crippen molar-refractivity contribution in [3.05, 3.63) is 69.0 Å². The third-order valence-electron chi connectivity index (χ3n) is 4.56. The molecule has 1 aromatic heterocycles. The van der Waals surface area contributed by atoms with Crippen LogP contribution in [-0.2, 0) is 11.3 Å². The number of benzene rings is 1. The summed E-state index contributed by atoms with van der Waals surface area (Å²) in [6.45, 7) is -0.105. The second-order valence-electron chi connectivity index (χ2n) is 6.24. The molecule has 1 aromatic carbocycles. The Bertz CT molecular complexity index is 804. The zero-order valence-corrected chi connectivity index (χ0v) is 13.4. The number of H-pyrrole nitrogens is 1. The fraction of sp³-hybridized carbons (Fsp3) is 0.389. The van der Waals surface area contributed by atoms with E-state index in [-0.39, 0.29) is 18.5 Å². The van der Waals surface area contributed by atoms with E-state index in [4.69, 9.17) is 0 Å². The average Bonchev–Trinajstić information content (AvgIpc) is 3.10. The lowest BCUT2D eigenvalue weighted by Gasteiger charge is -2.25. The summed E-state index contributed by atoms with van der Waals surface area (Å²) in [6, 6.07) is 11.1. The minimum Gasteiger partial charge on any atom is -0.347 e. The zero-order valence-electron chi connectivity index (χ0n) is 13.4.